The van der Waals surface area contributed by atoms with E-state index in [9.17, 15) is 13.2 Å². The zero-order valence-corrected chi connectivity index (χ0v) is 11.2. The molecule has 3 unspecified atom stereocenters. The van der Waals surface area contributed by atoms with E-state index in [1.807, 2.05) is 6.92 Å². The van der Waals surface area contributed by atoms with Crippen LogP contribution in [-0.4, -0.2) is 50.2 Å². The van der Waals surface area contributed by atoms with Gasteiger partial charge >= 0.3 is 5.97 Å². The summed E-state index contributed by atoms with van der Waals surface area (Å²) in [6.45, 7) is 4.03. The molecule has 0 aromatic carbocycles. The van der Waals surface area contributed by atoms with Gasteiger partial charge in [-0.25, -0.2) is 8.42 Å². The number of esters is 1. The summed E-state index contributed by atoms with van der Waals surface area (Å²) in [4.78, 5) is 11.3. The van der Waals surface area contributed by atoms with Crippen LogP contribution in [0.25, 0.3) is 0 Å². The quantitative estimate of drug-likeness (QED) is 0.694. The van der Waals surface area contributed by atoms with Gasteiger partial charge in [-0.1, -0.05) is 0 Å². The minimum atomic E-state index is -3.64. The van der Waals surface area contributed by atoms with E-state index in [0.29, 0.717) is 13.1 Å². The van der Waals surface area contributed by atoms with Crippen LogP contribution in [0.1, 0.15) is 20.3 Å². The number of nitrogens with two attached hydrogens (primary N) is 1. The van der Waals surface area contributed by atoms with E-state index in [4.69, 9.17) is 5.73 Å². The maximum Gasteiger partial charge on any atom is 0.325 e. The summed E-state index contributed by atoms with van der Waals surface area (Å²) in [5, 5.41) is -1.16. The van der Waals surface area contributed by atoms with E-state index < -0.39 is 21.2 Å². The van der Waals surface area contributed by atoms with Crippen molar-refractivity contribution in [2.24, 2.45) is 11.7 Å². The lowest BCUT2D eigenvalue weighted by atomic mass is 10.1. The van der Waals surface area contributed by atoms with E-state index in [1.165, 1.54) is 18.3 Å². The minimum absolute atomic E-state index is 0.111. The second-order valence-electron chi connectivity index (χ2n) is 4.47. The van der Waals surface area contributed by atoms with Gasteiger partial charge in [0.15, 0.2) is 5.25 Å². The molecule has 0 aromatic rings. The number of carbonyl (C=O) groups is 1. The van der Waals surface area contributed by atoms with Gasteiger partial charge in [-0.15, -0.1) is 0 Å². The van der Waals surface area contributed by atoms with Crippen molar-refractivity contribution < 1.29 is 17.9 Å². The fourth-order valence-electron chi connectivity index (χ4n) is 2.13. The molecule has 1 rings (SSSR count). The monoisotopic (exact) mass is 264 g/mol. The SMILES string of the molecule is COC(=O)C(C)S(=O)(=O)N1CC(CN)CC1C. The molecular formula is C10H20N2O4S. The van der Waals surface area contributed by atoms with Crippen LogP contribution in [0.3, 0.4) is 0 Å². The van der Waals surface area contributed by atoms with Crippen molar-refractivity contribution >= 4 is 16.0 Å². The molecule has 6 nitrogen and oxygen atoms in total. The second kappa shape index (κ2) is 5.32. The average molecular weight is 264 g/mol. The topological polar surface area (TPSA) is 89.7 Å². The smallest absolute Gasteiger partial charge is 0.325 e. The zero-order valence-electron chi connectivity index (χ0n) is 10.4. The predicted octanol–water partition coefficient (Wildman–Crippen LogP) is -0.453. The highest BCUT2D eigenvalue weighted by Crippen LogP contribution is 2.27. The number of carbonyl (C=O) groups excluding carboxylic acids is 1. The van der Waals surface area contributed by atoms with Gasteiger partial charge in [-0.05, 0) is 32.7 Å². The molecule has 1 aliphatic heterocycles. The summed E-state index contributed by atoms with van der Waals surface area (Å²) in [5.74, 6) is -0.557. The van der Waals surface area contributed by atoms with E-state index in [2.05, 4.69) is 4.74 Å². The third kappa shape index (κ3) is 2.78. The Morgan fingerprint density at radius 1 is 1.59 bits per heavy atom. The predicted molar refractivity (Wildman–Crippen MR) is 63.7 cm³/mol. The molecule has 17 heavy (non-hydrogen) atoms. The maximum atomic E-state index is 12.2. The molecule has 0 bridgehead atoms. The molecule has 3 atom stereocenters. The molecular weight excluding hydrogens is 244 g/mol. The van der Waals surface area contributed by atoms with Crippen molar-refractivity contribution in [3.05, 3.63) is 0 Å². The highest BCUT2D eigenvalue weighted by atomic mass is 32.2. The number of methoxy groups -OCH3 is 1. The van der Waals surface area contributed by atoms with E-state index in [0.717, 1.165) is 6.42 Å². The molecule has 100 valence electrons. The van der Waals surface area contributed by atoms with E-state index in [1.54, 1.807) is 0 Å². The van der Waals surface area contributed by atoms with Gasteiger partial charge in [0.25, 0.3) is 0 Å². The lowest BCUT2D eigenvalue weighted by Crippen LogP contribution is -2.43. The van der Waals surface area contributed by atoms with Crippen molar-refractivity contribution in [1.82, 2.24) is 4.31 Å². The van der Waals surface area contributed by atoms with Crippen molar-refractivity contribution in [2.75, 3.05) is 20.2 Å². The normalized spacial score (nSPS) is 28.0. The van der Waals surface area contributed by atoms with Crippen LogP contribution in [0.2, 0.25) is 0 Å². The van der Waals surface area contributed by atoms with Gasteiger partial charge in [0, 0.05) is 12.6 Å². The summed E-state index contributed by atoms with van der Waals surface area (Å²) in [5.41, 5.74) is 5.55. The molecule has 2 N–H and O–H groups in total. The van der Waals surface area contributed by atoms with Crippen LogP contribution < -0.4 is 5.73 Å². The van der Waals surface area contributed by atoms with Crippen molar-refractivity contribution in [1.29, 1.82) is 0 Å². The molecule has 1 heterocycles. The molecule has 1 saturated heterocycles. The third-order valence-electron chi connectivity index (χ3n) is 3.24. The summed E-state index contributed by atoms with van der Waals surface area (Å²) >= 11 is 0. The summed E-state index contributed by atoms with van der Waals surface area (Å²) in [6.07, 6.45) is 0.740. The fourth-order valence-corrected chi connectivity index (χ4v) is 3.88. The third-order valence-corrected chi connectivity index (χ3v) is 5.49. The van der Waals surface area contributed by atoms with E-state index >= 15 is 0 Å². The number of hydrogen-bond acceptors (Lipinski definition) is 5. The largest absolute Gasteiger partial charge is 0.468 e. The molecule has 7 heteroatoms. The van der Waals surface area contributed by atoms with Crippen molar-refractivity contribution in [2.45, 2.75) is 31.6 Å². The second-order valence-corrected chi connectivity index (χ2v) is 6.67. The van der Waals surface area contributed by atoms with Gasteiger partial charge in [-0.2, -0.15) is 4.31 Å². The zero-order chi connectivity index (χ0) is 13.2. The Kier molecular flexibility index (Phi) is 4.51. The first-order chi connectivity index (χ1) is 7.84. The molecule has 1 fully saturated rings. The molecule has 0 aliphatic carbocycles. The van der Waals surface area contributed by atoms with E-state index in [-0.39, 0.29) is 12.0 Å². The van der Waals surface area contributed by atoms with Crippen LogP contribution >= 0.6 is 0 Å². The average Bonchev–Trinajstić information content (AvgIpc) is 2.69. The Morgan fingerprint density at radius 2 is 2.18 bits per heavy atom. The Morgan fingerprint density at radius 3 is 2.59 bits per heavy atom. The number of sulfonamides is 1. The Hall–Kier alpha value is -0.660. The van der Waals surface area contributed by atoms with Gasteiger partial charge in [0.2, 0.25) is 10.0 Å². The summed E-state index contributed by atoms with van der Waals surface area (Å²) < 4.78 is 30.2. The first-order valence-corrected chi connectivity index (χ1v) is 7.13. The highest BCUT2D eigenvalue weighted by molar-refractivity contribution is 7.90. The lowest BCUT2D eigenvalue weighted by Gasteiger charge is -2.23. The number of ether oxygens (including phenoxy) is 1. The van der Waals surface area contributed by atoms with Crippen LogP contribution in [0, 0.1) is 5.92 Å². The van der Waals surface area contributed by atoms with Gasteiger partial charge in [0.1, 0.15) is 0 Å². The van der Waals surface area contributed by atoms with Crippen LogP contribution in [0.5, 0.6) is 0 Å². The highest BCUT2D eigenvalue weighted by Gasteiger charge is 2.41. The van der Waals surface area contributed by atoms with Gasteiger partial charge < -0.3 is 10.5 Å². The fraction of sp³-hybridized carbons (Fsp3) is 0.900. The molecule has 0 saturated carbocycles. The molecule has 0 amide bonds. The number of rotatable bonds is 4. The summed E-state index contributed by atoms with van der Waals surface area (Å²) in [7, 11) is -2.45. The first-order valence-electron chi connectivity index (χ1n) is 5.63. The lowest BCUT2D eigenvalue weighted by molar-refractivity contribution is -0.139. The Bertz CT molecular complexity index is 382. The maximum absolute atomic E-state index is 12.2. The van der Waals surface area contributed by atoms with Crippen molar-refractivity contribution in [3.63, 3.8) is 0 Å². The number of nitrogens with zero attached hydrogens (tertiary/aromatic N) is 1. The minimum Gasteiger partial charge on any atom is -0.468 e. The van der Waals surface area contributed by atoms with Crippen LogP contribution in [0.15, 0.2) is 0 Å². The molecule has 1 aliphatic rings. The van der Waals surface area contributed by atoms with Gasteiger partial charge in [-0.3, -0.25) is 4.79 Å². The van der Waals surface area contributed by atoms with Crippen molar-refractivity contribution in [3.8, 4) is 0 Å². The first kappa shape index (κ1) is 14.4. The molecule has 0 aromatic heterocycles. The Labute approximate surface area is 102 Å². The number of hydrogen-bond donors (Lipinski definition) is 1. The molecule has 0 spiro atoms. The van der Waals surface area contributed by atoms with Gasteiger partial charge in [0.05, 0.1) is 7.11 Å². The Balaban J connectivity index is 2.88. The van der Waals surface area contributed by atoms with Crippen LogP contribution in [-0.2, 0) is 19.6 Å². The standard InChI is InChI=1S/C10H20N2O4S/c1-7-4-9(5-11)6-12(7)17(14,15)8(2)10(13)16-3/h7-9H,4-6,11H2,1-3H3. The summed E-state index contributed by atoms with van der Waals surface area (Å²) in [6, 6.07) is -0.111. The van der Waals surface area contributed by atoms with Crippen LogP contribution in [0.4, 0.5) is 0 Å². The molecule has 0 radical (unpaired) electrons.